The van der Waals surface area contributed by atoms with Gasteiger partial charge < -0.3 is 11.1 Å². The van der Waals surface area contributed by atoms with Gasteiger partial charge in [-0.1, -0.05) is 32.0 Å². The Balaban J connectivity index is 2.08. The van der Waals surface area contributed by atoms with Crippen LogP contribution in [0, 0.1) is 19.8 Å². The average Bonchev–Trinajstić information content (AvgIpc) is 2.40. The number of rotatable bonds is 5. The maximum atomic E-state index is 5.88. The molecular weight excluding hydrogens is 278 g/mol. The van der Waals surface area contributed by atoms with Crippen LogP contribution < -0.4 is 11.1 Å². The first kappa shape index (κ1) is 16.2. The molecule has 1 fully saturated rings. The molecule has 0 amide bonds. The second kappa shape index (κ2) is 7.21. The van der Waals surface area contributed by atoms with E-state index in [0.29, 0.717) is 11.0 Å². The summed E-state index contributed by atoms with van der Waals surface area (Å²) < 4.78 is 0. The minimum atomic E-state index is 0.433. The average molecular weight is 305 g/mol. The van der Waals surface area contributed by atoms with Gasteiger partial charge in [-0.2, -0.15) is 0 Å². The number of nitrogens with one attached hydrogen (secondary N) is 1. The summed E-state index contributed by atoms with van der Waals surface area (Å²) in [6, 6.07) is 2.54. The van der Waals surface area contributed by atoms with E-state index in [0.717, 1.165) is 28.6 Å². The highest BCUT2D eigenvalue weighted by atomic mass is 32.1. The van der Waals surface area contributed by atoms with Crippen LogP contribution in [0.2, 0.25) is 0 Å². The smallest absolute Gasteiger partial charge is 0.136 e. The van der Waals surface area contributed by atoms with E-state index in [4.69, 9.17) is 18.0 Å². The molecule has 116 valence electrons. The van der Waals surface area contributed by atoms with Gasteiger partial charge in [0.1, 0.15) is 10.8 Å². The van der Waals surface area contributed by atoms with Crippen molar-refractivity contribution in [2.24, 2.45) is 11.7 Å². The topological polar surface area (TPSA) is 50.9 Å². The molecule has 0 bridgehead atoms. The van der Waals surface area contributed by atoms with Gasteiger partial charge in [-0.3, -0.25) is 0 Å². The Bertz CT molecular complexity index is 505. The van der Waals surface area contributed by atoms with Crippen molar-refractivity contribution in [1.82, 2.24) is 4.98 Å². The van der Waals surface area contributed by atoms with E-state index in [1.807, 2.05) is 19.9 Å². The quantitative estimate of drug-likeness (QED) is 0.804. The number of pyridine rings is 1. The fourth-order valence-corrected chi connectivity index (χ4v) is 3.71. The molecule has 1 aliphatic rings. The summed E-state index contributed by atoms with van der Waals surface area (Å²) >= 11 is 5.20. The molecule has 0 aliphatic heterocycles. The normalized spacial score (nSPS) is 22.0. The predicted octanol–water partition coefficient (Wildman–Crippen LogP) is 4.10. The van der Waals surface area contributed by atoms with Crippen LogP contribution in [0.4, 0.5) is 5.82 Å². The van der Waals surface area contributed by atoms with Crippen LogP contribution in [-0.2, 0) is 0 Å². The van der Waals surface area contributed by atoms with E-state index in [9.17, 15) is 0 Å². The van der Waals surface area contributed by atoms with E-state index in [1.165, 1.54) is 38.5 Å². The number of hydrogen-bond donors (Lipinski definition) is 2. The van der Waals surface area contributed by atoms with Crippen LogP contribution in [0.15, 0.2) is 6.07 Å². The fourth-order valence-electron chi connectivity index (χ4n) is 3.45. The summed E-state index contributed by atoms with van der Waals surface area (Å²) in [6.07, 6.45) is 7.74. The third kappa shape index (κ3) is 4.16. The van der Waals surface area contributed by atoms with E-state index >= 15 is 0 Å². The first-order chi connectivity index (χ1) is 10.0. The highest BCUT2D eigenvalue weighted by molar-refractivity contribution is 7.80. The third-order valence-corrected chi connectivity index (χ3v) is 4.68. The summed E-state index contributed by atoms with van der Waals surface area (Å²) in [7, 11) is 0. The largest absolute Gasteiger partial charge is 0.389 e. The lowest BCUT2D eigenvalue weighted by molar-refractivity contribution is 0.318. The predicted molar refractivity (Wildman–Crippen MR) is 93.9 cm³/mol. The Kier molecular flexibility index (Phi) is 5.57. The fraction of sp³-hybridized carbons (Fsp3) is 0.647. The van der Waals surface area contributed by atoms with Crippen molar-refractivity contribution in [3.05, 3.63) is 22.9 Å². The molecule has 3 nitrogen and oxygen atoms in total. The molecule has 0 spiro atoms. The lowest BCUT2D eigenvalue weighted by Gasteiger charge is -2.30. The molecule has 4 heteroatoms. The number of hydrogen-bond acceptors (Lipinski definition) is 3. The first-order valence-electron chi connectivity index (χ1n) is 8.05. The van der Waals surface area contributed by atoms with Crippen LogP contribution in [0.1, 0.15) is 62.3 Å². The Morgan fingerprint density at radius 2 is 2.00 bits per heavy atom. The molecule has 1 aromatic heterocycles. The maximum Gasteiger partial charge on any atom is 0.136 e. The van der Waals surface area contributed by atoms with Crippen molar-refractivity contribution in [2.75, 3.05) is 5.32 Å². The highest BCUT2D eigenvalue weighted by Crippen LogP contribution is 2.30. The maximum absolute atomic E-state index is 5.88. The van der Waals surface area contributed by atoms with E-state index in [2.05, 4.69) is 17.2 Å². The summed E-state index contributed by atoms with van der Waals surface area (Å²) in [6.45, 7) is 6.34. The van der Waals surface area contributed by atoms with E-state index < -0.39 is 0 Å². The number of aryl methyl sites for hydroxylation is 2. The molecule has 0 radical (unpaired) electrons. The summed E-state index contributed by atoms with van der Waals surface area (Å²) in [5.41, 5.74) is 8.91. The van der Waals surface area contributed by atoms with Crippen molar-refractivity contribution in [3.8, 4) is 0 Å². The van der Waals surface area contributed by atoms with Gasteiger partial charge in [0, 0.05) is 11.7 Å². The van der Waals surface area contributed by atoms with Crippen molar-refractivity contribution in [3.63, 3.8) is 0 Å². The molecule has 0 saturated heterocycles. The molecule has 0 unspecified atom stereocenters. The molecule has 2 rings (SSSR count). The monoisotopic (exact) mass is 305 g/mol. The second-order valence-corrected chi connectivity index (χ2v) is 6.76. The van der Waals surface area contributed by atoms with Gasteiger partial charge in [0.05, 0.1) is 5.56 Å². The molecule has 3 N–H and O–H groups in total. The van der Waals surface area contributed by atoms with Gasteiger partial charge in [-0.25, -0.2) is 4.98 Å². The van der Waals surface area contributed by atoms with Gasteiger partial charge in [-0.05, 0) is 57.1 Å². The van der Waals surface area contributed by atoms with Crippen LogP contribution in [0.25, 0.3) is 0 Å². The zero-order valence-electron chi connectivity index (χ0n) is 13.4. The number of anilines is 1. The highest BCUT2D eigenvalue weighted by Gasteiger charge is 2.22. The van der Waals surface area contributed by atoms with Gasteiger partial charge in [0.2, 0.25) is 0 Å². The molecule has 1 aromatic rings. The Hall–Kier alpha value is -1.16. The van der Waals surface area contributed by atoms with Crippen molar-refractivity contribution in [1.29, 1.82) is 0 Å². The van der Waals surface area contributed by atoms with E-state index in [1.54, 1.807) is 0 Å². The van der Waals surface area contributed by atoms with Crippen LogP contribution >= 0.6 is 12.2 Å². The van der Waals surface area contributed by atoms with Crippen molar-refractivity contribution in [2.45, 2.75) is 65.3 Å². The minimum absolute atomic E-state index is 0.433. The lowest BCUT2D eigenvalue weighted by Crippen LogP contribution is -2.28. The number of nitrogens with two attached hydrogens (primary N) is 1. The van der Waals surface area contributed by atoms with Crippen LogP contribution in [-0.4, -0.2) is 16.0 Å². The second-order valence-electron chi connectivity index (χ2n) is 6.32. The van der Waals surface area contributed by atoms with Crippen molar-refractivity contribution < 1.29 is 0 Å². The van der Waals surface area contributed by atoms with Gasteiger partial charge in [-0.15, -0.1) is 0 Å². The number of nitrogens with zero attached hydrogens (tertiary/aromatic N) is 1. The zero-order valence-corrected chi connectivity index (χ0v) is 14.2. The molecular formula is C17H27N3S. The Morgan fingerprint density at radius 1 is 1.33 bits per heavy atom. The number of thiocarbonyl (C=S) groups is 1. The number of aromatic nitrogens is 1. The summed E-state index contributed by atoms with van der Waals surface area (Å²) in [5, 5.41) is 3.60. The molecule has 1 heterocycles. The minimum Gasteiger partial charge on any atom is -0.389 e. The summed E-state index contributed by atoms with van der Waals surface area (Å²) in [5.74, 6) is 1.79. The molecule has 0 aromatic carbocycles. The van der Waals surface area contributed by atoms with Gasteiger partial charge in [0.15, 0.2) is 0 Å². The van der Waals surface area contributed by atoms with Crippen LogP contribution in [0.3, 0.4) is 0 Å². The molecule has 0 atom stereocenters. The summed E-state index contributed by atoms with van der Waals surface area (Å²) in [4.78, 5) is 5.06. The molecule has 1 saturated carbocycles. The standard InChI is InChI=1S/C17H27N3S/c1-4-5-13-6-8-14(9-7-13)20-17-15(16(18)21)11(2)10-12(3)19-17/h10,13-14H,4-9H2,1-3H3,(H2,18,21)(H,19,20). The lowest BCUT2D eigenvalue weighted by atomic mass is 9.83. The Labute approximate surface area is 133 Å². The third-order valence-electron chi connectivity index (χ3n) is 4.48. The zero-order chi connectivity index (χ0) is 15.4. The molecule has 1 aliphatic carbocycles. The Morgan fingerprint density at radius 3 is 2.57 bits per heavy atom. The van der Waals surface area contributed by atoms with Crippen molar-refractivity contribution >= 4 is 23.0 Å². The SMILES string of the molecule is CCCC1CCC(Nc2nc(C)cc(C)c2C(N)=S)CC1. The first-order valence-corrected chi connectivity index (χ1v) is 8.46. The molecule has 21 heavy (non-hydrogen) atoms. The van der Waals surface area contributed by atoms with Crippen LogP contribution in [0.5, 0.6) is 0 Å². The van der Waals surface area contributed by atoms with Gasteiger partial charge in [0.25, 0.3) is 0 Å². The van der Waals surface area contributed by atoms with E-state index in [-0.39, 0.29) is 0 Å². The van der Waals surface area contributed by atoms with Gasteiger partial charge >= 0.3 is 0 Å².